The number of amides is 2. The van der Waals surface area contributed by atoms with Crippen molar-refractivity contribution in [2.45, 2.75) is 20.3 Å². The van der Waals surface area contributed by atoms with Gasteiger partial charge in [0.05, 0.1) is 19.6 Å². The third kappa shape index (κ3) is 4.99. The van der Waals surface area contributed by atoms with Crippen LogP contribution in [0.3, 0.4) is 0 Å². The van der Waals surface area contributed by atoms with E-state index in [4.69, 9.17) is 4.74 Å². The van der Waals surface area contributed by atoms with Crippen LogP contribution in [-0.2, 0) is 9.59 Å². The maximum Gasteiger partial charge on any atom is 0.239 e. The van der Waals surface area contributed by atoms with Gasteiger partial charge in [0.25, 0.3) is 0 Å². The smallest absolute Gasteiger partial charge is 0.239 e. The number of aryl methyl sites for hydroxylation is 1. The molecular formula is C14H20N2O3. The second-order valence-corrected chi connectivity index (χ2v) is 4.25. The molecule has 2 amide bonds. The third-order valence-electron chi connectivity index (χ3n) is 2.87. The molecule has 0 aromatic heterocycles. The molecule has 0 spiro atoms. The summed E-state index contributed by atoms with van der Waals surface area (Å²) in [4.78, 5) is 22.4. The number of carbonyl (C=O) groups excluding carboxylic acids is 2. The van der Waals surface area contributed by atoms with Gasteiger partial charge in [-0.2, -0.15) is 0 Å². The lowest BCUT2D eigenvalue weighted by Crippen LogP contribution is -2.35. The van der Waals surface area contributed by atoms with Gasteiger partial charge < -0.3 is 15.4 Å². The van der Waals surface area contributed by atoms with Crippen LogP contribution in [0.25, 0.3) is 0 Å². The second kappa shape index (κ2) is 7.41. The molecule has 0 aliphatic rings. The predicted octanol–water partition coefficient (Wildman–Crippen LogP) is 0.935. The van der Waals surface area contributed by atoms with Gasteiger partial charge in [0.15, 0.2) is 0 Å². The summed E-state index contributed by atoms with van der Waals surface area (Å²) in [7, 11) is 1.53. The van der Waals surface area contributed by atoms with Gasteiger partial charge in [-0.3, -0.25) is 9.59 Å². The summed E-state index contributed by atoms with van der Waals surface area (Å²) in [5, 5.41) is 4.95. The summed E-state index contributed by atoms with van der Waals surface area (Å²) >= 11 is 0. The van der Waals surface area contributed by atoms with E-state index in [0.29, 0.717) is 6.61 Å². The van der Waals surface area contributed by atoms with Crippen LogP contribution >= 0.6 is 0 Å². The largest absolute Gasteiger partial charge is 0.493 e. The lowest BCUT2D eigenvalue weighted by molar-refractivity contribution is -0.126. The summed E-state index contributed by atoms with van der Waals surface area (Å²) in [5.74, 6) is 0.372. The van der Waals surface area contributed by atoms with Crippen LogP contribution in [-0.4, -0.2) is 32.0 Å². The molecule has 0 saturated heterocycles. The van der Waals surface area contributed by atoms with Crippen molar-refractivity contribution >= 4 is 11.8 Å². The van der Waals surface area contributed by atoms with E-state index >= 15 is 0 Å². The number of hydrogen-bond donors (Lipinski definition) is 2. The van der Waals surface area contributed by atoms with Crippen molar-refractivity contribution in [2.24, 2.45) is 0 Å². The summed E-state index contributed by atoms with van der Waals surface area (Å²) in [6, 6.07) is 5.81. The minimum atomic E-state index is -0.219. The highest BCUT2D eigenvalue weighted by molar-refractivity contribution is 5.84. The van der Waals surface area contributed by atoms with Crippen LogP contribution < -0.4 is 15.4 Å². The molecule has 0 aliphatic carbocycles. The first-order chi connectivity index (χ1) is 9.04. The Morgan fingerprint density at radius 3 is 2.63 bits per heavy atom. The molecule has 5 nitrogen and oxygen atoms in total. The quantitative estimate of drug-likeness (QED) is 0.803. The molecule has 0 unspecified atom stereocenters. The number of ether oxygens (including phenoxy) is 1. The number of hydrogen-bond acceptors (Lipinski definition) is 3. The molecule has 5 heteroatoms. The van der Waals surface area contributed by atoms with Gasteiger partial charge in [-0.25, -0.2) is 0 Å². The lowest BCUT2D eigenvalue weighted by atomic mass is 10.1. The highest BCUT2D eigenvalue weighted by atomic mass is 16.5. The molecular weight excluding hydrogens is 244 g/mol. The fraction of sp³-hybridized carbons (Fsp3) is 0.429. The summed E-state index contributed by atoms with van der Waals surface area (Å²) in [5.41, 5.74) is 2.23. The van der Waals surface area contributed by atoms with E-state index in [1.165, 1.54) is 7.05 Å². The molecule has 0 atom stereocenters. The number of nitrogens with one attached hydrogen (secondary N) is 2. The zero-order valence-corrected chi connectivity index (χ0v) is 11.6. The van der Waals surface area contributed by atoms with Gasteiger partial charge >= 0.3 is 0 Å². The van der Waals surface area contributed by atoms with E-state index in [2.05, 4.69) is 10.6 Å². The maximum atomic E-state index is 11.4. The molecule has 0 radical (unpaired) electrons. The first-order valence-corrected chi connectivity index (χ1v) is 6.21. The van der Waals surface area contributed by atoms with Crippen LogP contribution in [0.15, 0.2) is 18.2 Å². The molecule has 1 aromatic carbocycles. The molecule has 19 heavy (non-hydrogen) atoms. The minimum absolute atomic E-state index is 0.00118. The standard InChI is InChI=1S/C14H20N2O3/c1-10-5-4-6-12(11(10)2)19-8-7-13(17)16-9-14(18)15-3/h4-6H,7-9H2,1-3H3,(H,15,18)(H,16,17). The third-order valence-corrected chi connectivity index (χ3v) is 2.87. The minimum Gasteiger partial charge on any atom is -0.493 e. The van der Waals surface area contributed by atoms with Gasteiger partial charge in [0, 0.05) is 7.05 Å². The van der Waals surface area contributed by atoms with Crippen molar-refractivity contribution in [2.75, 3.05) is 20.2 Å². The second-order valence-electron chi connectivity index (χ2n) is 4.25. The van der Waals surface area contributed by atoms with E-state index < -0.39 is 0 Å². The number of rotatable bonds is 6. The Morgan fingerprint density at radius 2 is 1.95 bits per heavy atom. The Bertz CT molecular complexity index is 458. The van der Waals surface area contributed by atoms with E-state index in [1.807, 2.05) is 32.0 Å². The Hall–Kier alpha value is -2.04. The molecule has 0 bridgehead atoms. The molecule has 0 fully saturated rings. The first-order valence-electron chi connectivity index (χ1n) is 6.21. The van der Waals surface area contributed by atoms with Crippen molar-refractivity contribution < 1.29 is 14.3 Å². The van der Waals surface area contributed by atoms with Crippen LogP contribution in [0.1, 0.15) is 17.5 Å². The summed E-state index contributed by atoms with van der Waals surface area (Å²) < 4.78 is 5.56. The fourth-order valence-corrected chi connectivity index (χ4v) is 1.49. The monoisotopic (exact) mass is 264 g/mol. The number of likely N-dealkylation sites (N-methyl/N-ethyl adjacent to an activating group) is 1. The number of benzene rings is 1. The van der Waals surface area contributed by atoms with Gasteiger partial charge in [-0.1, -0.05) is 12.1 Å². The molecule has 2 N–H and O–H groups in total. The van der Waals surface area contributed by atoms with Gasteiger partial charge in [-0.15, -0.1) is 0 Å². The predicted molar refractivity (Wildman–Crippen MR) is 73.1 cm³/mol. The zero-order chi connectivity index (χ0) is 14.3. The van der Waals surface area contributed by atoms with Crippen molar-refractivity contribution in [3.8, 4) is 5.75 Å². The zero-order valence-electron chi connectivity index (χ0n) is 11.6. The molecule has 0 heterocycles. The topological polar surface area (TPSA) is 67.4 Å². The molecule has 1 rings (SSSR count). The normalized spacial score (nSPS) is 9.84. The Morgan fingerprint density at radius 1 is 1.21 bits per heavy atom. The van der Waals surface area contributed by atoms with Crippen molar-refractivity contribution in [3.05, 3.63) is 29.3 Å². The van der Waals surface area contributed by atoms with Crippen LogP contribution in [0.2, 0.25) is 0 Å². The molecule has 104 valence electrons. The van der Waals surface area contributed by atoms with Crippen LogP contribution in [0.4, 0.5) is 0 Å². The Balaban J connectivity index is 2.32. The van der Waals surface area contributed by atoms with Gasteiger partial charge in [0.1, 0.15) is 5.75 Å². The van der Waals surface area contributed by atoms with E-state index in [1.54, 1.807) is 0 Å². The van der Waals surface area contributed by atoms with Crippen molar-refractivity contribution in [1.82, 2.24) is 10.6 Å². The highest BCUT2D eigenvalue weighted by Gasteiger charge is 2.06. The lowest BCUT2D eigenvalue weighted by Gasteiger charge is -2.10. The number of carbonyl (C=O) groups is 2. The van der Waals surface area contributed by atoms with Crippen molar-refractivity contribution in [3.63, 3.8) is 0 Å². The Labute approximate surface area is 113 Å². The SMILES string of the molecule is CNC(=O)CNC(=O)CCOc1cccc(C)c1C. The summed E-state index contributed by atoms with van der Waals surface area (Å²) in [6.07, 6.45) is 0.227. The van der Waals surface area contributed by atoms with E-state index in [0.717, 1.165) is 16.9 Å². The van der Waals surface area contributed by atoms with Gasteiger partial charge in [0.2, 0.25) is 11.8 Å². The Kier molecular flexibility index (Phi) is 5.85. The van der Waals surface area contributed by atoms with Gasteiger partial charge in [-0.05, 0) is 31.0 Å². The van der Waals surface area contributed by atoms with Crippen molar-refractivity contribution in [1.29, 1.82) is 0 Å². The molecule has 0 aliphatic heterocycles. The van der Waals surface area contributed by atoms with Crippen LogP contribution in [0.5, 0.6) is 5.75 Å². The average molecular weight is 264 g/mol. The highest BCUT2D eigenvalue weighted by Crippen LogP contribution is 2.20. The summed E-state index contributed by atoms with van der Waals surface area (Å²) in [6.45, 7) is 4.29. The maximum absolute atomic E-state index is 11.4. The van der Waals surface area contributed by atoms with E-state index in [9.17, 15) is 9.59 Å². The average Bonchev–Trinajstić information content (AvgIpc) is 2.40. The molecule has 0 saturated carbocycles. The first kappa shape index (κ1) is 15.0. The fourth-order valence-electron chi connectivity index (χ4n) is 1.49. The molecule has 1 aromatic rings. The van der Waals surface area contributed by atoms with E-state index in [-0.39, 0.29) is 24.8 Å². The van der Waals surface area contributed by atoms with Crippen LogP contribution in [0, 0.1) is 13.8 Å².